The summed E-state index contributed by atoms with van der Waals surface area (Å²) in [4.78, 5) is 23.6. The van der Waals surface area contributed by atoms with Crippen molar-refractivity contribution in [3.05, 3.63) is 11.8 Å². The van der Waals surface area contributed by atoms with Gasteiger partial charge in [0.1, 0.15) is 5.76 Å². The van der Waals surface area contributed by atoms with Gasteiger partial charge in [-0.25, -0.2) is 0 Å². The van der Waals surface area contributed by atoms with E-state index in [1.807, 2.05) is 0 Å². The maximum Gasteiger partial charge on any atom is 0.235 e. The molecule has 2 rings (SSSR count). The van der Waals surface area contributed by atoms with Gasteiger partial charge in [0, 0.05) is 12.1 Å². The van der Waals surface area contributed by atoms with Gasteiger partial charge in [-0.2, -0.15) is 0 Å². The highest BCUT2D eigenvalue weighted by molar-refractivity contribution is 8.00. The van der Waals surface area contributed by atoms with Crippen LogP contribution in [0.2, 0.25) is 0 Å². The Balaban J connectivity index is 1.63. The molecule has 1 saturated carbocycles. The van der Waals surface area contributed by atoms with Crippen LogP contribution in [-0.4, -0.2) is 34.5 Å². The number of anilines is 1. The largest absolute Gasteiger partial charge is 0.360 e. The van der Waals surface area contributed by atoms with Gasteiger partial charge in [0.2, 0.25) is 11.8 Å². The van der Waals surface area contributed by atoms with E-state index in [0.717, 1.165) is 6.42 Å². The zero-order valence-electron chi connectivity index (χ0n) is 13.1. The summed E-state index contributed by atoms with van der Waals surface area (Å²) < 4.78 is 4.87. The summed E-state index contributed by atoms with van der Waals surface area (Å²) in [6.07, 6.45) is 4.67. The number of thioether (sulfide) groups is 1. The molecule has 1 aromatic rings. The molecule has 22 heavy (non-hydrogen) atoms. The van der Waals surface area contributed by atoms with Crippen molar-refractivity contribution in [2.45, 2.75) is 45.6 Å². The van der Waals surface area contributed by atoms with Crippen LogP contribution in [-0.2, 0) is 9.59 Å². The molecule has 0 aliphatic heterocycles. The van der Waals surface area contributed by atoms with E-state index in [1.54, 1.807) is 13.0 Å². The maximum atomic E-state index is 11.9. The maximum absolute atomic E-state index is 11.9. The summed E-state index contributed by atoms with van der Waals surface area (Å²) in [7, 11) is 0. The minimum atomic E-state index is -0.183. The molecule has 2 amide bonds. The molecule has 6 nitrogen and oxygen atoms in total. The molecule has 0 radical (unpaired) electrons. The first kappa shape index (κ1) is 16.9. The van der Waals surface area contributed by atoms with Crippen molar-refractivity contribution in [2.75, 3.05) is 16.8 Å². The van der Waals surface area contributed by atoms with Gasteiger partial charge in [0.05, 0.1) is 11.5 Å². The first-order chi connectivity index (χ1) is 10.5. The van der Waals surface area contributed by atoms with Crippen LogP contribution in [0.25, 0.3) is 0 Å². The van der Waals surface area contributed by atoms with Crippen molar-refractivity contribution >= 4 is 29.4 Å². The molecule has 2 unspecified atom stereocenters. The topological polar surface area (TPSA) is 84.2 Å². The average molecular weight is 325 g/mol. The predicted octanol–water partition coefficient (Wildman–Crippen LogP) is 2.35. The van der Waals surface area contributed by atoms with E-state index in [-0.39, 0.29) is 23.6 Å². The molecular formula is C15H23N3O3S. The molecule has 7 heteroatoms. The summed E-state index contributed by atoms with van der Waals surface area (Å²) in [5, 5.41) is 9.39. The minimum absolute atomic E-state index is 0.00818. The number of aryl methyl sites for hydroxylation is 1. The highest BCUT2D eigenvalue weighted by Crippen LogP contribution is 2.23. The molecule has 2 N–H and O–H groups in total. The third kappa shape index (κ3) is 5.36. The molecule has 0 spiro atoms. The van der Waals surface area contributed by atoms with Gasteiger partial charge in [0.15, 0.2) is 5.82 Å². The van der Waals surface area contributed by atoms with Crippen LogP contribution in [0.15, 0.2) is 10.6 Å². The number of hydrogen-bond donors (Lipinski definition) is 2. The summed E-state index contributed by atoms with van der Waals surface area (Å²) >= 11 is 1.30. The molecule has 1 fully saturated rings. The number of carbonyl (C=O) groups is 2. The van der Waals surface area contributed by atoms with Crippen molar-refractivity contribution < 1.29 is 14.1 Å². The van der Waals surface area contributed by atoms with Gasteiger partial charge in [-0.1, -0.05) is 24.9 Å². The van der Waals surface area contributed by atoms with Gasteiger partial charge >= 0.3 is 0 Å². The second-order valence-electron chi connectivity index (χ2n) is 5.80. The highest BCUT2D eigenvalue weighted by atomic mass is 32.2. The normalized spacial score (nSPS) is 21.4. The fourth-order valence-electron chi connectivity index (χ4n) is 2.62. The zero-order valence-corrected chi connectivity index (χ0v) is 13.9. The van der Waals surface area contributed by atoms with E-state index in [2.05, 4.69) is 22.7 Å². The van der Waals surface area contributed by atoms with Crippen molar-refractivity contribution in [1.29, 1.82) is 0 Å². The van der Waals surface area contributed by atoms with Crippen LogP contribution in [0.1, 0.15) is 38.4 Å². The summed E-state index contributed by atoms with van der Waals surface area (Å²) in [6, 6.07) is 1.94. The van der Waals surface area contributed by atoms with E-state index in [4.69, 9.17) is 4.52 Å². The quantitative estimate of drug-likeness (QED) is 0.839. The van der Waals surface area contributed by atoms with Gasteiger partial charge < -0.3 is 15.2 Å². The molecule has 0 bridgehead atoms. The van der Waals surface area contributed by atoms with E-state index < -0.39 is 0 Å². The number of carbonyl (C=O) groups excluding carboxylic acids is 2. The van der Waals surface area contributed by atoms with Gasteiger partial charge in [-0.15, -0.1) is 11.8 Å². The van der Waals surface area contributed by atoms with Gasteiger partial charge in [-0.3, -0.25) is 9.59 Å². The molecule has 1 aromatic heterocycles. The van der Waals surface area contributed by atoms with Crippen molar-refractivity contribution in [1.82, 2.24) is 10.5 Å². The Labute approximate surface area is 134 Å². The van der Waals surface area contributed by atoms with E-state index >= 15 is 0 Å². The van der Waals surface area contributed by atoms with Crippen LogP contribution < -0.4 is 10.6 Å². The Morgan fingerprint density at radius 1 is 1.32 bits per heavy atom. The molecule has 0 aromatic carbocycles. The van der Waals surface area contributed by atoms with Crippen LogP contribution in [0, 0.1) is 12.8 Å². The van der Waals surface area contributed by atoms with Crippen LogP contribution in [0.3, 0.4) is 0 Å². The van der Waals surface area contributed by atoms with Crippen molar-refractivity contribution in [2.24, 2.45) is 5.92 Å². The second kappa shape index (κ2) is 8.22. The third-order valence-electron chi connectivity index (χ3n) is 3.82. The van der Waals surface area contributed by atoms with Crippen LogP contribution >= 0.6 is 11.8 Å². The number of amides is 2. The lowest BCUT2D eigenvalue weighted by molar-refractivity contribution is -0.119. The fourth-order valence-corrected chi connectivity index (χ4v) is 3.25. The molecule has 122 valence electrons. The first-order valence-corrected chi connectivity index (χ1v) is 8.80. The Morgan fingerprint density at radius 3 is 2.73 bits per heavy atom. The fraction of sp³-hybridized carbons (Fsp3) is 0.667. The van der Waals surface area contributed by atoms with Gasteiger partial charge in [-0.05, 0) is 25.7 Å². The van der Waals surface area contributed by atoms with E-state index in [1.165, 1.54) is 31.0 Å². The van der Waals surface area contributed by atoms with Crippen molar-refractivity contribution in [3.63, 3.8) is 0 Å². The van der Waals surface area contributed by atoms with Gasteiger partial charge in [0.25, 0.3) is 0 Å². The first-order valence-electron chi connectivity index (χ1n) is 7.65. The van der Waals surface area contributed by atoms with Crippen molar-refractivity contribution in [3.8, 4) is 0 Å². The lowest BCUT2D eigenvalue weighted by Crippen LogP contribution is -2.42. The molecule has 1 aliphatic rings. The number of rotatable bonds is 6. The summed E-state index contributed by atoms with van der Waals surface area (Å²) in [6.45, 7) is 3.94. The summed E-state index contributed by atoms with van der Waals surface area (Å²) in [5.74, 6) is 1.94. The molecular weight excluding hydrogens is 302 g/mol. The molecule has 1 aliphatic carbocycles. The van der Waals surface area contributed by atoms with E-state index in [9.17, 15) is 9.59 Å². The zero-order chi connectivity index (χ0) is 15.9. The minimum Gasteiger partial charge on any atom is -0.360 e. The van der Waals surface area contributed by atoms with Crippen LogP contribution in [0.4, 0.5) is 5.82 Å². The lowest BCUT2D eigenvalue weighted by Gasteiger charge is -2.29. The standard InChI is InChI=1S/C15H23N3O3S/c1-10-5-3-4-6-12(10)16-14(19)8-22-9-15(20)17-13-7-11(2)21-18-13/h7,10,12H,3-6,8-9H2,1-2H3,(H,16,19)(H,17,18,20). The van der Waals surface area contributed by atoms with E-state index in [0.29, 0.717) is 23.2 Å². The number of nitrogens with zero attached hydrogens (tertiary/aromatic N) is 1. The second-order valence-corrected chi connectivity index (χ2v) is 6.79. The lowest BCUT2D eigenvalue weighted by atomic mass is 9.86. The van der Waals surface area contributed by atoms with Crippen LogP contribution in [0.5, 0.6) is 0 Å². The molecule has 1 heterocycles. The highest BCUT2D eigenvalue weighted by Gasteiger charge is 2.22. The monoisotopic (exact) mass is 325 g/mol. The number of aromatic nitrogens is 1. The Hall–Kier alpha value is -1.50. The Kier molecular flexibility index (Phi) is 6.30. The Morgan fingerprint density at radius 2 is 2.05 bits per heavy atom. The Bertz CT molecular complexity index is 518. The number of nitrogens with one attached hydrogen (secondary N) is 2. The smallest absolute Gasteiger partial charge is 0.235 e. The molecule has 0 saturated heterocycles. The summed E-state index contributed by atoms with van der Waals surface area (Å²) in [5.41, 5.74) is 0. The number of hydrogen-bond acceptors (Lipinski definition) is 5. The third-order valence-corrected chi connectivity index (χ3v) is 4.75. The predicted molar refractivity (Wildman–Crippen MR) is 86.8 cm³/mol. The molecule has 2 atom stereocenters. The average Bonchev–Trinajstić information content (AvgIpc) is 2.86. The SMILES string of the molecule is Cc1cc(NC(=O)CSCC(=O)NC2CCCCC2C)no1.